The summed E-state index contributed by atoms with van der Waals surface area (Å²) in [6.45, 7) is 8.14. The molecule has 0 aliphatic carbocycles. The van der Waals surface area contributed by atoms with Gasteiger partial charge in [-0.1, -0.05) is 26.0 Å². The highest BCUT2D eigenvalue weighted by Gasteiger charge is 2.39. The summed E-state index contributed by atoms with van der Waals surface area (Å²) in [5.41, 5.74) is 2.16. The highest BCUT2D eigenvalue weighted by Crippen LogP contribution is 2.28. The predicted octanol–water partition coefficient (Wildman–Crippen LogP) is 1.98. The number of benzene rings is 1. The third-order valence-corrected chi connectivity index (χ3v) is 5.03. The van der Waals surface area contributed by atoms with Gasteiger partial charge in [-0.3, -0.25) is 9.59 Å². The Hall–Kier alpha value is -1.88. The minimum atomic E-state index is -0.507. The van der Waals surface area contributed by atoms with Crippen LogP contribution >= 0.6 is 0 Å². The molecule has 0 aromatic heterocycles. The molecule has 0 bridgehead atoms. The van der Waals surface area contributed by atoms with E-state index in [-0.39, 0.29) is 11.8 Å². The lowest BCUT2D eigenvalue weighted by atomic mass is 10.0. The minimum absolute atomic E-state index is 0.00463. The molecule has 1 unspecified atom stereocenters. The van der Waals surface area contributed by atoms with Crippen LogP contribution in [0.1, 0.15) is 38.2 Å². The average molecular weight is 329 g/mol. The number of nitrogens with one attached hydrogen (secondary N) is 1. The van der Waals surface area contributed by atoms with Crippen LogP contribution in [0.25, 0.3) is 0 Å². The first-order chi connectivity index (χ1) is 11.6. The molecular formula is C19H27N3O2. The van der Waals surface area contributed by atoms with Crippen molar-refractivity contribution < 1.29 is 9.59 Å². The molecule has 1 aromatic rings. The summed E-state index contributed by atoms with van der Waals surface area (Å²) in [6.07, 6.45) is 1.57. The van der Waals surface area contributed by atoms with Crippen LogP contribution in [0.4, 0.5) is 5.69 Å². The van der Waals surface area contributed by atoms with Gasteiger partial charge in [0.1, 0.15) is 5.92 Å². The van der Waals surface area contributed by atoms with Crippen molar-refractivity contribution >= 4 is 17.5 Å². The highest BCUT2D eigenvalue weighted by atomic mass is 16.2. The van der Waals surface area contributed by atoms with E-state index in [1.54, 1.807) is 4.90 Å². The molecule has 0 radical (unpaired) electrons. The van der Waals surface area contributed by atoms with Crippen molar-refractivity contribution in [1.29, 1.82) is 0 Å². The number of rotatable bonds is 3. The van der Waals surface area contributed by atoms with Crippen molar-refractivity contribution in [3.8, 4) is 0 Å². The smallest absolute Gasteiger partial charge is 0.239 e. The van der Waals surface area contributed by atoms with Crippen LogP contribution in [0.2, 0.25) is 0 Å². The zero-order valence-corrected chi connectivity index (χ0v) is 14.6. The van der Waals surface area contributed by atoms with Gasteiger partial charge in [0.25, 0.3) is 0 Å². The van der Waals surface area contributed by atoms with Gasteiger partial charge in [0, 0.05) is 31.9 Å². The Labute approximate surface area is 144 Å². The molecule has 0 saturated carbocycles. The molecule has 1 aromatic carbocycles. The van der Waals surface area contributed by atoms with Crippen molar-refractivity contribution in [3.63, 3.8) is 0 Å². The van der Waals surface area contributed by atoms with Crippen LogP contribution in [0.3, 0.4) is 0 Å². The molecule has 5 nitrogen and oxygen atoms in total. The van der Waals surface area contributed by atoms with Crippen molar-refractivity contribution in [1.82, 2.24) is 10.2 Å². The lowest BCUT2D eigenvalue weighted by Crippen LogP contribution is -2.41. The second-order valence-corrected chi connectivity index (χ2v) is 7.01. The van der Waals surface area contributed by atoms with Gasteiger partial charge in [-0.25, -0.2) is 0 Å². The highest BCUT2D eigenvalue weighted by molar-refractivity contribution is 6.09. The van der Waals surface area contributed by atoms with Gasteiger partial charge >= 0.3 is 0 Å². The molecule has 2 saturated heterocycles. The molecule has 1 atom stereocenters. The lowest BCUT2D eigenvalue weighted by Gasteiger charge is -2.23. The fourth-order valence-electron chi connectivity index (χ4n) is 3.49. The van der Waals surface area contributed by atoms with Gasteiger partial charge in [0.05, 0.1) is 0 Å². The number of hydrogen-bond donors (Lipinski definition) is 1. The molecule has 130 valence electrons. The molecular weight excluding hydrogens is 302 g/mol. The van der Waals surface area contributed by atoms with Crippen LogP contribution in [0.15, 0.2) is 24.3 Å². The maximum atomic E-state index is 12.8. The second kappa shape index (κ2) is 7.34. The molecule has 2 aliphatic heterocycles. The van der Waals surface area contributed by atoms with Gasteiger partial charge in [-0.05, 0) is 43.0 Å². The maximum Gasteiger partial charge on any atom is 0.239 e. The summed E-state index contributed by atoms with van der Waals surface area (Å²) < 4.78 is 0. The molecule has 3 rings (SSSR count). The summed E-state index contributed by atoms with van der Waals surface area (Å²) in [5.74, 6) is -0.0771. The Morgan fingerprint density at radius 3 is 2.58 bits per heavy atom. The fourth-order valence-corrected chi connectivity index (χ4v) is 3.49. The van der Waals surface area contributed by atoms with Crippen LogP contribution < -0.4 is 10.2 Å². The molecule has 2 fully saturated rings. The summed E-state index contributed by atoms with van der Waals surface area (Å²) in [5, 5.41) is 3.29. The number of anilines is 1. The van der Waals surface area contributed by atoms with Crippen LogP contribution in [0.5, 0.6) is 0 Å². The van der Waals surface area contributed by atoms with Crippen molar-refractivity contribution in [2.45, 2.75) is 32.6 Å². The van der Waals surface area contributed by atoms with Gasteiger partial charge < -0.3 is 15.1 Å². The molecule has 24 heavy (non-hydrogen) atoms. The Morgan fingerprint density at radius 2 is 1.88 bits per heavy atom. The first-order valence-electron chi connectivity index (χ1n) is 8.99. The van der Waals surface area contributed by atoms with Gasteiger partial charge in [-0.15, -0.1) is 0 Å². The number of nitrogens with zero attached hydrogens (tertiary/aromatic N) is 2. The molecule has 2 heterocycles. The molecule has 1 N–H and O–H groups in total. The minimum Gasteiger partial charge on any atom is -0.341 e. The van der Waals surface area contributed by atoms with Crippen molar-refractivity contribution in [2.75, 3.05) is 37.6 Å². The van der Waals surface area contributed by atoms with Crippen molar-refractivity contribution in [3.05, 3.63) is 29.8 Å². The van der Waals surface area contributed by atoms with Crippen LogP contribution in [-0.4, -0.2) is 49.4 Å². The maximum absolute atomic E-state index is 12.8. The second-order valence-electron chi connectivity index (χ2n) is 7.01. The largest absolute Gasteiger partial charge is 0.341 e. The first kappa shape index (κ1) is 17.0. The molecule has 0 spiro atoms. The monoisotopic (exact) mass is 329 g/mol. The number of hydrogen-bond acceptors (Lipinski definition) is 3. The Kier molecular flexibility index (Phi) is 5.19. The predicted molar refractivity (Wildman–Crippen MR) is 95.1 cm³/mol. The Balaban J connectivity index is 1.68. The zero-order valence-electron chi connectivity index (χ0n) is 14.6. The summed E-state index contributed by atoms with van der Waals surface area (Å²) in [4.78, 5) is 29.1. The lowest BCUT2D eigenvalue weighted by molar-refractivity contribution is -0.139. The first-order valence-corrected chi connectivity index (χ1v) is 8.99. The van der Waals surface area contributed by atoms with E-state index in [4.69, 9.17) is 0 Å². The average Bonchev–Trinajstić information content (AvgIpc) is 2.79. The van der Waals surface area contributed by atoms with Crippen LogP contribution in [-0.2, 0) is 9.59 Å². The quantitative estimate of drug-likeness (QED) is 0.863. The Morgan fingerprint density at radius 1 is 1.12 bits per heavy atom. The van der Waals surface area contributed by atoms with E-state index < -0.39 is 5.92 Å². The van der Waals surface area contributed by atoms with Gasteiger partial charge in [0.2, 0.25) is 11.8 Å². The van der Waals surface area contributed by atoms with E-state index in [9.17, 15) is 9.59 Å². The normalized spacial score (nSPS) is 22.1. The van der Waals surface area contributed by atoms with E-state index in [2.05, 4.69) is 31.3 Å². The SMILES string of the molecule is CC(C)c1ccc(N2CCC(C(=O)N3CCCNCC3)C2=O)cc1. The topological polar surface area (TPSA) is 52.7 Å². The van der Waals surface area contributed by atoms with Crippen molar-refractivity contribution in [2.24, 2.45) is 5.92 Å². The Bertz CT molecular complexity index is 589. The summed E-state index contributed by atoms with van der Waals surface area (Å²) >= 11 is 0. The van der Waals surface area contributed by atoms with E-state index >= 15 is 0 Å². The van der Waals surface area contributed by atoms with E-state index in [1.165, 1.54) is 5.56 Å². The zero-order chi connectivity index (χ0) is 17.1. The van der Waals surface area contributed by atoms with E-state index in [0.29, 0.717) is 25.4 Å². The number of carbonyl (C=O) groups excluding carboxylic acids is 2. The summed E-state index contributed by atoms with van der Waals surface area (Å²) in [7, 11) is 0. The summed E-state index contributed by atoms with van der Waals surface area (Å²) in [6, 6.07) is 8.14. The van der Waals surface area contributed by atoms with Gasteiger partial charge in [-0.2, -0.15) is 0 Å². The third-order valence-electron chi connectivity index (χ3n) is 5.03. The van der Waals surface area contributed by atoms with Gasteiger partial charge in [0.15, 0.2) is 0 Å². The molecule has 2 aliphatic rings. The standard InChI is InChI=1S/C19H27N3O2/c1-14(2)15-4-6-16(7-5-15)22-12-8-17(19(22)24)18(23)21-11-3-9-20-10-13-21/h4-7,14,17,20H,3,8-13H2,1-2H3. The van der Waals surface area contributed by atoms with Crippen LogP contribution in [0, 0.1) is 5.92 Å². The molecule has 2 amide bonds. The fraction of sp³-hybridized carbons (Fsp3) is 0.579. The van der Waals surface area contributed by atoms with E-state index in [0.717, 1.165) is 31.7 Å². The number of carbonyl (C=O) groups is 2. The third kappa shape index (κ3) is 3.46. The number of amides is 2. The van der Waals surface area contributed by atoms with E-state index in [1.807, 2.05) is 17.0 Å². The molecule has 5 heteroatoms.